The van der Waals surface area contributed by atoms with Crippen molar-refractivity contribution in [3.63, 3.8) is 0 Å². The van der Waals surface area contributed by atoms with Crippen LogP contribution in [0.1, 0.15) is 25.8 Å². The number of imide groups is 1. The fraction of sp³-hybridized carbons (Fsp3) is 0.500. The minimum Gasteiger partial charge on any atom is -0.357 e. The van der Waals surface area contributed by atoms with E-state index < -0.39 is 46.8 Å². The molecule has 2 aliphatic rings. The molecule has 2 aromatic heterocycles. The quantitative estimate of drug-likeness (QED) is 0.458. The minimum absolute atomic E-state index is 0.0826. The van der Waals surface area contributed by atoms with Crippen LogP contribution in [0.5, 0.6) is 0 Å². The third-order valence-corrected chi connectivity index (χ3v) is 6.47. The summed E-state index contributed by atoms with van der Waals surface area (Å²) in [5.41, 5.74) is -4.17. The van der Waals surface area contributed by atoms with Crippen molar-refractivity contribution in [3.05, 3.63) is 30.2 Å². The molecule has 2 fully saturated rings. The third kappa shape index (κ3) is 3.63. The summed E-state index contributed by atoms with van der Waals surface area (Å²) in [6.45, 7) is 2.59. The Morgan fingerprint density at radius 1 is 1.11 bits per heavy atom. The third-order valence-electron chi connectivity index (χ3n) is 6.47. The first kappa shape index (κ1) is 24.6. The Bertz CT molecular complexity index is 1220. The number of halogens is 6. The van der Waals surface area contributed by atoms with Gasteiger partial charge in [-0.3, -0.25) is 14.1 Å². The lowest BCUT2D eigenvalue weighted by atomic mass is 9.67. The number of carbonyl (C=O) groups is 3. The number of likely N-dealkylation sites (N-methyl/N-ethyl adjacent to an activating group) is 1. The molecular formula is C20H19F6N5O4. The van der Waals surface area contributed by atoms with Crippen molar-refractivity contribution in [1.29, 1.82) is 0 Å². The Morgan fingerprint density at radius 2 is 1.77 bits per heavy atom. The van der Waals surface area contributed by atoms with Gasteiger partial charge >= 0.3 is 24.4 Å². The Kier molecular flexibility index (Phi) is 5.26. The summed E-state index contributed by atoms with van der Waals surface area (Å²) in [7, 11) is 1.04. The van der Waals surface area contributed by atoms with Gasteiger partial charge in [0.05, 0.1) is 17.3 Å². The van der Waals surface area contributed by atoms with Gasteiger partial charge in [-0.25, -0.2) is 14.6 Å². The maximum absolute atomic E-state index is 13.5. The fourth-order valence-electron chi connectivity index (χ4n) is 4.71. The number of hydrogen-bond acceptors (Lipinski definition) is 6. The zero-order valence-corrected chi connectivity index (χ0v) is 18.6. The Balaban J connectivity index is 1.75. The molecule has 35 heavy (non-hydrogen) atoms. The number of nitrogens with zero attached hydrogens (tertiary/aromatic N) is 5. The molecule has 190 valence electrons. The van der Waals surface area contributed by atoms with Crippen molar-refractivity contribution >= 4 is 29.2 Å². The van der Waals surface area contributed by atoms with Crippen LogP contribution in [-0.2, 0) is 20.6 Å². The molecule has 0 radical (unpaired) electrons. The number of piperidine rings is 1. The van der Waals surface area contributed by atoms with Gasteiger partial charge in [0.1, 0.15) is 12.1 Å². The number of urea groups is 1. The molecule has 0 aliphatic carbocycles. The van der Waals surface area contributed by atoms with Crippen LogP contribution in [0.15, 0.2) is 24.7 Å². The number of fused-ring (bicyclic) bond motifs is 1. The maximum Gasteiger partial charge on any atom is 0.493 e. The van der Waals surface area contributed by atoms with Crippen molar-refractivity contribution < 1.29 is 45.6 Å². The van der Waals surface area contributed by atoms with Crippen LogP contribution in [-0.4, -0.2) is 69.1 Å². The van der Waals surface area contributed by atoms with Gasteiger partial charge in [-0.15, -0.1) is 5.06 Å². The van der Waals surface area contributed by atoms with E-state index in [1.807, 2.05) is 0 Å². The van der Waals surface area contributed by atoms with Gasteiger partial charge < -0.3 is 9.74 Å². The number of hydroxylamine groups is 2. The Labute approximate surface area is 193 Å². The first-order valence-corrected chi connectivity index (χ1v) is 10.2. The van der Waals surface area contributed by atoms with E-state index in [9.17, 15) is 40.7 Å². The number of anilines is 1. The molecule has 9 nitrogen and oxygen atoms in total. The second-order valence-electron chi connectivity index (χ2n) is 9.02. The lowest BCUT2D eigenvalue weighted by Gasteiger charge is -2.52. The molecule has 3 amide bonds. The molecule has 2 aliphatic heterocycles. The molecule has 0 saturated carbocycles. The van der Waals surface area contributed by atoms with Gasteiger partial charge in [-0.1, -0.05) is 13.8 Å². The smallest absolute Gasteiger partial charge is 0.357 e. The Morgan fingerprint density at radius 3 is 2.34 bits per heavy atom. The van der Waals surface area contributed by atoms with Gasteiger partial charge in [0.25, 0.3) is 5.91 Å². The molecule has 1 unspecified atom stereocenters. The predicted octanol–water partition coefficient (Wildman–Crippen LogP) is 3.24. The summed E-state index contributed by atoms with van der Waals surface area (Å²) in [5, 5.41) is 0.154. The van der Waals surface area contributed by atoms with E-state index in [0.717, 1.165) is 19.2 Å². The highest BCUT2D eigenvalue weighted by atomic mass is 19.4. The zero-order valence-electron chi connectivity index (χ0n) is 18.6. The molecule has 4 rings (SSSR count). The first-order valence-electron chi connectivity index (χ1n) is 10.2. The van der Waals surface area contributed by atoms with Crippen molar-refractivity contribution in [1.82, 2.24) is 19.3 Å². The summed E-state index contributed by atoms with van der Waals surface area (Å²) < 4.78 is 80.5. The zero-order chi connectivity index (χ0) is 26.1. The highest BCUT2D eigenvalue weighted by molar-refractivity contribution is 6.07. The predicted molar refractivity (Wildman–Crippen MR) is 106 cm³/mol. The number of imidazole rings is 1. The molecular weight excluding hydrogens is 488 g/mol. The van der Waals surface area contributed by atoms with E-state index in [4.69, 9.17) is 0 Å². The van der Waals surface area contributed by atoms with Crippen LogP contribution in [0.2, 0.25) is 0 Å². The number of hydrogen-bond donors (Lipinski definition) is 0. The average Bonchev–Trinajstić information content (AvgIpc) is 3.28. The van der Waals surface area contributed by atoms with E-state index in [-0.39, 0.29) is 35.9 Å². The van der Waals surface area contributed by atoms with Gasteiger partial charge in [0.15, 0.2) is 5.54 Å². The average molecular weight is 507 g/mol. The summed E-state index contributed by atoms with van der Waals surface area (Å²) in [5.74, 6) is -3.48. The maximum atomic E-state index is 13.5. The molecule has 0 aromatic carbocycles. The van der Waals surface area contributed by atoms with E-state index in [2.05, 4.69) is 9.82 Å². The highest BCUT2D eigenvalue weighted by Crippen LogP contribution is 2.49. The number of pyridine rings is 1. The second-order valence-corrected chi connectivity index (χ2v) is 9.02. The molecule has 2 saturated heterocycles. The van der Waals surface area contributed by atoms with Crippen LogP contribution >= 0.6 is 0 Å². The lowest BCUT2D eigenvalue weighted by molar-refractivity contribution is -0.247. The Hall–Kier alpha value is -3.52. The number of rotatable bonds is 2. The van der Waals surface area contributed by atoms with E-state index in [1.165, 1.54) is 35.7 Å². The largest absolute Gasteiger partial charge is 0.493 e. The van der Waals surface area contributed by atoms with Crippen molar-refractivity contribution in [3.8, 4) is 0 Å². The van der Waals surface area contributed by atoms with E-state index in [0.29, 0.717) is 4.90 Å². The minimum atomic E-state index is -5.43. The topological polar surface area (TPSA) is 87.5 Å². The monoisotopic (exact) mass is 507 g/mol. The summed E-state index contributed by atoms with van der Waals surface area (Å²) in [4.78, 5) is 47.7. The fourth-order valence-corrected chi connectivity index (χ4v) is 4.71. The molecule has 2 aromatic rings. The summed E-state index contributed by atoms with van der Waals surface area (Å²) in [6, 6.07) is 0.558. The van der Waals surface area contributed by atoms with E-state index in [1.54, 1.807) is 0 Å². The standard InChI is InChI=1S/C20H19F6N5O4/c1-17(2)9-29(13-7-11(19(21,22)23)6-12-8-27-10-30(12)13)5-4-18(17)14(32)28(3)16(34)31(18)35-15(33)20(24,25)26/h6-8,10H,4-5,9H2,1-3H3. The van der Waals surface area contributed by atoms with Crippen molar-refractivity contribution in [2.45, 2.75) is 38.2 Å². The molecule has 1 spiro atoms. The van der Waals surface area contributed by atoms with Crippen LogP contribution < -0.4 is 4.90 Å². The van der Waals surface area contributed by atoms with Crippen LogP contribution in [0.25, 0.3) is 5.52 Å². The second kappa shape index (κ2) is 7.49. The van der Waals surface area contributed by atoms with Crippen LogP contribution in [0.3, 0.4) is 0 Å². The van der Waals surface area contributed by atoms with Crippen molar-refractivity contribution in [2.24, 2.45) is 5.41 Å². The molecule has 15 heteroatoms. The molecule has 0 N–H and O–H groups in total. The number of aromatic nitrogens is 2. The summed E-state index contributed by atoms with van der Waals surface area (Å²) >= 11 is 0. The van der Waals surface area contributed by atoms with Gasteiger partial charge in [0.2, 0.25) is 0 Å². The van der Waals surface area contributed by atoms with Crippen LogP contribution in [0, 0.1) is 5.41 Å². The molecule has 4 heterocycles. The first-order chi connectivity index (χ1) is 16.0. The SMILES string of the molecule is CN1C(=O)N(OC(=O)C(F)(F)F)C2(CCN(c3cc(C(F)(F)F)cc4cncn34)CC2(C)C)C1=O. The lowest BCUT2D eigenvalue weighted by Crippen LogP contribution is -2.67. The van der Waals surface area contributed by atoms with Gasteiger partial charge in [0, 0.05) is 32.0 Å². The van der Waals surface area contributed by atoms with Gasteiger partial charge in [-0.05, 0) is 12.1 Å². The van der Waals surface area contributed by atoms with Crippen LogP contribution in [0.4, 0.5) is 37.0 Å². The molecule has 0 bridgehead atoms. The number of alkyl halides is 6. The molecule has 1 atom stereocenters. The van der Waals surface area contributed by atoms with E-state index >= 15 is 0 Å². The normalized spacial score (nSPS) is 23.1. The highest BCUT2D eigenvalue weighted by Gasteiger charge is 2.68. The van der Waals surface area contributed by atoms with Crippen molar-refractivity contribution in [2.75, 3.05) is 25.0 Å². The van der Waals surface area contributed by atoms with Gasteiger partial charge in [-0.2, -0.15) is 26.3 Å². The number of amides is 3. The summed E-state index contributed by atoms with van der Waals surface area (Å²) in [6.07, 6.45) is -7.88. The number of carbonyl (C=O) groups excluding carboxylic acids is 3.